The first-order valence-corrected chi connectivity index (χ1v) is 9.79. The molecule has 0 aromatic heterocycles. The summed E-state index contributed by atoms with van der Waals surface area (Å²) < 4.78 is 31.8. The van der Waals surface area contributed by atoms with E-state index in [0.29, 0.717) is 18.4 Å². The normalized spacial score (nSPS) is 48.3. The predicted molar refractivity (Wildman–Crippen MR) is 97.4 cm³/mol. The standard InChI is InChI=1S/C22H26F2O3/c1-4-18(26)14-6-5-13-15-10-17(23)16-9-12(25)7-8-21(16,3)22(15,24)19(27)11-20(13,14)2/h6-9,13,15,17,19,27H,4-5,10-11H2,1-3H3/t13-,15-,17-,19-,20-,21-,22-/m0/s1. The van der Waals surface area contributed by atoms with Crippen molar-refractivity contribution in [2.24, 2.45) is 22.7 Å². The second kappa shape index (κ2) is 5.69. The molecule has 0 radical (unpaired) electrons. The number of carbonyl (C=O) groups is 2. The second-order valence-corrected chi connectivity index (χ2v) is 8.99. The van der Waals surface area contributed by atoms with Gasteiger partial charge in [0.25, 0.3) is 0 Å². The third-order valence-corrected chi connectivity index (χ3v) is 7.83. The molecule has 0 spiro atoms. The largest absolute Gasteiger partial charge is 0.390 e. The Balaban J connectivity index is 1.82. The van der Waals surface area contributed by atoms with Crippen molar-refractivity contribution >= 4 is 11.6 Å². The minimum absolute atomic E-state index is 0.0149. The summed E-state index contributed by atoms with van der Waals surface area (Å²) in [7, 11) is 0. The third-order valence-electron chi connectivity index (χ3n) is 7.83. The molecule has 27 heavy (non-hydrogen) atoms. The molecule has 1 N–H and O–H groups in total. The van der Waals surface area contributed by atoms with Gasteiger partial charge in [-0.3, -0.25) is 9.59 Å². The van der Waals surface area contributed by atoms with Gasteiger partial charge in [0.2, 0.25) is 0 Å². The van der Waals surface area contributed by atoms with Crippen molar-refractivity contribution in [1.82, 2.24) is 0 Å². The Morgan fingerprint density at radius 1 is 1.33 bits per heavy atom. The number of ketones is 2. The molecule has 0 bridgehead atoms. The lowest BCUT2D eigenvalue weighted by Crippen LogP contribution is -2.68. The average molecular weight is 376 g/mol. The number of aliphatic hydroxyl groups excluding tert-OH is 1. The number of halogens is 2. The molecule has 0 aliphatic heterocycles. The number of alkyl halides is 2. The molecule has 4 rings (SSSR count). The van der Waals surface area contributed by atoms with Gasteiger partial charge in [0.05, 0.1) is 6.10 Å². The zero-order valence-electron chi connectivity index (χ0n) is 16.0. The second-order valence-electron chi connectivity index (χ2n) is 8.99. The molecule has 0 heterocycles. The van der Waals surface area contributed by atoms with Gasteiger partial charge in [0.15, 0.2) is 17.2 Å². The Labute approximate surface area is 158 Å². The molecule has 0 amide bonds. The maximum Gasteiger partial charge on any atom is 0.178 e. The zero-order valence-corrected chi connectivity index (χ0v) is 16.0. The predicted octanol–water partition coefficient (Wildman–Crippen LogP) is 3.82. The van der Waals surface area contributed by atoms with Gasteiger partial charge in [0, 0.05) is 23.2 Å². The Morgan fingerprint density at radius 3 is 2.70 bits per heavy atom. The molecule has 0 saturated heterocycles. The molecule has 4 aliphatic carbocycles. The fourth-order valence-electron chi connectivity index (χ4n) is 6.40. The highest BCUT2D eigenvalue weighted by atomic mass is 19.1. The molecule has 5 heteroatoms. The summed E-state index contributed by atoms with van der Waals surface area (Å²) in [5.74, 6) is -1.29. The van der Waals surface area contributed by atoms with Gasteiger partial charge in [-0.1, -0.05) is 26.0 Å². The number of allylic oxidation sites excluding steroid dienone is 6. The molecular weight excluding hydrogens is 350 g/mol. The summed E-state index contributed by atoms with van der Waals surface area (Å²) in [5, 5.41) is 11.0. The van der Waals surface area contributed by atoms with Crippen molar-refractivity contribution in [2.45, 2.75) is 64.4 Å². The van der Waals surface area contributed by atoms with Crippen LogP contribution in [0.3, 0.4) is 0 Å². The number of hydrogen-bond donors (Lipinski definition) is 1. The summed E-state index contributed by atoms with van der Waals surface area (Å²) >= 11 is 0. The van der Waals surface area contributed by atoms with E-state index in [1.54, 1.807) is 13.8 Å². The first-order valence-electron chi connectivity index (χ1n) is 9.79. The zero-order chi connectivity index (χ0) is 19.8. The molecule has 0 unspecified atom stereocenters. The van der Waals surface area contributed by atoms with E-state index in [-0.39, 0.29) is 35.9 Å². The molecule has 0 aromatic carbocycles. The summed E-state index contributed by atoms with van der Waals surface area (Å²) in [4.78, 5) is 24.2. The summed E-state index contributed by atoms with van der Waals surface area (Å²) in [6.07, 6.45) is 3.95. The van der Waals surface area contributed by atoms with Crippen LogP contribution in [0.4, 0.5) is 8.78 Å². The maximum atomic E-state index is 16.7. The van der Waals surface area contributed by atoms with E-state index in [4.69, 9.17) is 0 Å². The smallest absolute Gasteiger partial charge is 0.178 e. The molecular formula is C22H26F2O3. The van der Waals surface area contributed by atoms with Crippen LogP contribution in [0.1, 0.15) is 46.5 Å². The molecule has 3 nitrogen and oxygen atoms in total. The first-order chi connectivity index (χ1) is 12.6. The Morgan fingerprint density at radius 2 is 2.04 bits per heavy atom. The topological polar surface area (TPSA) is 54.4 Å². The molecule has 7 atom stereocenters. The molecule has 0 aromatic rings. The highest BCUT2D eigenvalue weighted by Gasteiger charge is 2.71. The number of carbonyl (C=O) groups excluding carboxylic acids is 2. The lowest BCUT2D eigenvalue weighted by Gasteiger charge is -2.62. The van der Waals surface area contributed by atoms with Crippen molar-refractivity contribution in [2.75, 3.05) is 0 Å². The van der Waals surface area contributed by atoms with Crippen LogP contribution in [0.5, 0.6) is 0 Å². The van der Waals surface area contributed by atoms with E-state index in [0.717, 1.165) is 0 Å². The van der Waals surface area contributed by atoms with Gasteiger partial charge in [-0.05, 0) is 55.4 Å². The van der Waals surface area contributed by atoms with Crippen LogP contribution in [0.2, 0.25) is 0 Å². The van der Waals surface area contributed by atoms with Gasteiger partial charge in [-0.25, -0.2) is 8.78 Å². The minimum Gasteiger partial charge on any atom is -0.390 e. The Bertz CT molecular complexity index is 812. The van der Waals surface area contributed by atoms with Gasteiger partial charge in [0.1, 0.15) is 6.17 Å². The first kappa shape index (κ1) is 18.7. The monoisotopic (exact) mass is 376 g/mol. The average Bonchev–Trinajstić information content (AvgIpc) is 2.95. The van der Waals surface area contributed by atoms with E-state index in [2.05, 4.69) is 0 Å². The lowest BCUT2D eigenvalue weighted by atomic mass is 9.45. The lowest BCUT2D eigenvalue weighted by molar-refractivity contribution is -0.192. The van der Waals surface area contributed by atoms with Crippen LogP contribution in [0.25, 0.3) is 0 Å². The van der Waals surface area contributed by atoms with Gasteiger partial charge in [-0.15, -0.1) is 0 Å². The van der Waals surface area contributed by atoms with Crippen LogP contribution >= 0.6 is 0 Å². The van der Waals surface area contributed by atoms with Crippen LogP contribution < -0.4 is 0 Å². The fourth-order valence-corrected chi connectivity index (χ4v) is 6.40. The number of fused-ring (bicyclic) bond motifs is 5. The number of rotatable bonds is 2. The number of Topliss-reactive ketones (excluding diaryl/α,β-unsaturated/α-hetero) is 1. The highest BCUT2D eigenvalue weighted by molar-refractivity contribution is 6.01. The van der Waals surface area contributed by atoms with Gasteiger partial charge >= 0.3 is 0 Å². The molecule has 2 fully saturated rings. The van der Waals surface area contributed by atoms with Gasteiger partial charge in [-0.2, -0.15) is 0 Å². The van der Waals surface area contributed by atoms with Crippen LogP contribution in [-0.4, -0.2) is 34.6 Å². The fraction of sp³-hybridized carbons (Fsp3) is 0.636. The highest BCUT2D eigenvalue weighted by Crippen LogP contribution is 2.68. The summed E-state index contributed by atoms with van der Waals surface area (Å²) in [6.45, 7) is 5.29. The molecule has 4 aliphatic rings. The SMILES string of the molecule is CCC(=O)C1=CC[C@H]2[C@@H]3C[C@H](F)C4=CC(=O)C=C[C@]4(C)[C@@]3(F)[C@@H](O)C[C@]12C. The quantitative estimate of drug-likeness (QED) is 0.797. The van der Waals surface area contributed by atoms with Crippen molar-refractivity contribution in [3.63, 3.8) is 0 Å². The van der Waals surface area contributed by atoms with Crippen LogP contribution in [0, 0.1) is 22.7 Å². The van der Waals surface area contributed by atoms with Crippen molar-refractivity contribution in [3.8, 4) is 0 Å². The van der Waals surface area contributed by atoms with E-state index in [1.165, 1.54) is 18.2 Å². The van der Waals surface area contributed by atoms with E-state index >= 15 is 8.78 Å². The summed E-state index contributed by atoms with van der Waals surface area (Å²) in [6, 6.07) is 0. The van der Waals surface area contributed by atoms with Crippen molar-refractivity contribution in [3.05, 3.63) is 35.5 Å². The Hall–Kier alpha value is -1.62. The Kier molecular flexibility index (Phi) is 3.95. The third kappa shape index (κ3) is 2.15. The summed E-state index contributed by atoms with van der Waals surface area (Å²) in [5.41, 5.74) is -3.28. The van der Waals surface area contributed by atoms with E-state index in [9.17, 15) is 14.7 Å². The molecule has 2 saturated carbocycles. The number of hydrogen-bond acceptors (Lipinski definition) is 3. The maximum absolute atomic E-state index is 16.7. The minimum atomic E-state index is -2.07. The van der Waals surface area contributed by atoms with Crippen LogP contribution in [0.15, 0.2) is 35.5 Å². The van der Waals surface area contributed by atoms with Gasteiger partial charge < -0.3 is 5.11 Å². The van der Waals surface area contributed by atoms with Crippen molar-refractivity contribution in [1.29, 1.82) is 0 Å². The number of aliphatic hydroxyl groups is 1. The van der Waals surface area contributed by atoms with E-state index in [1.807, 2.05) is 13.0 Å². The van der Waals surface area contributed by atoms with Crippen LogP contribution in [-0.2, 0) is 9.59 Å². The molecule has 146 valence electrons. The van der Waals surface area contributed by atoms with E-state index < -0.39 is 34.7 Å². The van der Waals surface area contributed by atoms with Crippen molar-refractivity contribution < 1.29 is 23.5 Å².